The Bertz CT molecular complexity index is 1330. The normalized spacial score (nSPS) is 11.1. The Morgan fingerprint density at radius 2 is 1.94 bits per heavy atom. The molecule has 0 unspecified atom stereocenters. The Hall–Kier alpha value is -3.78. The first-order valence-corrected chi connectivity index (χ1v) is 11.0. The third kappa shape index (κ3) is 5.18. The van der Waals surface area contributed by atoms with E-state index in [1.54, 1.807) is 18.3 Å². The highest BCUT2D eigenvalue weighted by Crippen LogP contribution is 2.19. The van der Waals surface area contributed by atoms with Crippen LogP contribution >= 0.6 is 0 Å². The molecule has 4 aromatic rings. The third-order valence-electron chi connectivity index (χ3n) is 5.25. The molecule has 8 heteroatoms. The lowest BCUT2D eigenvalue weighted by atomic mass is 10.1. The molecule has 8 nitrogen and oxygen atoms in total. The summed E-state index contributed by atoms with van der Waals surface area (Å²) in [6.07, 6.45) is 2.49. The summed E-state index contributed by atoms with van der Waals surface area (Å²) in [4.78, 5) is 35.4. The molecule has 1 aromatic carbocycles. The molecule has 0 aliphatic heterocycles. The number of fused-ring (bicyclic) bond motifs is 2. The lowest BCUT2D eigenvalue weighted by molar-refractivity contribution is 0.0951. The Labute approximate surface area is 191 Å². The maximum Gasteiger partial charge on any atom is 0.267 e. The number of nitrogens with zero attached hydrogens (tertiary/aromatic N) is 3. The molecule has 170 valence electrons. The number of hydrogen-bond donors (Lipinski definition) is 2. The summed E-state index contributed by atoms with van der Waals surface area (Å²) < 4.78 is 6.87. The average molecular weight is 446 g/mol. The van der Waals surface area contributed by atoms with Crippen molar-refractivity contribution in [3.63, 3.8) is 0 Å². The molecule has 1 amide bonds. The van der Waals surface area contributed by atoms with Crippen molar-refractivity contribution in [2.24, 2.45) is 0 Å². The van der Waals surface area contributed by atoms with Gasteiger partial charge in [0.1, 0.15) is 11.5 Å². The van der Waals surface area contributed by atoms with E-state index in [2.05, 4.69) is 20.6 Å². The average Bonchev–Trinajstić information content (AvgIpc) is 2.83. The smallest absolute Gasteiger partial charge is 0.267 e. The second-order valence-corrected chi connectivity index (χ2v) is 7.75. The fraction of sp³-hybridized carbons (Fsp3) is 0.280. The molecule has 4 rings (SSSR count). The zero-order valence-electron chi connectivity index (χ0n) is 18.8. The number of hydrogen-bond acceptors (Lipinski definition) is 6. The molecular formula is C25H27N5O3. The third-order valence-corrected chi connectivity index (χ3v) is 5.25. The first-order valence-electron chi connectivity index (χ1n) is 11.0. The van der Waals surface area contributed by atoms with Gasteiger partial charge in [-0.1, -0.05) is 36.4 Å². The molecular weight excluding hydrogens is 418 g/mol. The molecule has 0 radical (unpaired) electrons. The van der Waals surface area contributed by atoms with Crippen LogP contribution in [-0.2, 0) is 11.3 Å². The molecule has 0 aliphatic carbocycles. The van der Waals surface area contributed by atoms with Gasteiger partial charge in [0.15, 0.2) is 5.65 Å². The van der Waals surface area contributed by atoms with Crippen LogP contribution in [0.4, 0.5) is 5.82 Å². The molecule has 0 saturated heterocycles. The van der Waals surface area contributed by atoms with E-state index in [1.807, 2.05) is 50.2 Å². The Balaban J connectivity index is 1.71. The summed E-state index contributed by atoms with van der Waals surface area (Å²) >= 11 is 0. The number of carbonyl (C=O) groups excluding carboxylic acids is 1. The number of nitrogens with one attached hydrogen (secondary N) is 2. The summed E-state index contributed by atoms with van der Waals surface area (Å²) in [5, 5.41) is 6.44. The second kappa shape index (κ2) is 10.2. The lowest BCUT2D eigenvalue weighted by Crippen LogP contribution is -2.26. The van der Waals surface area contributed by atoms with Gasteiger partial charge in [-0.15, -0.1) is 0 Å². The molecule has 0 saturated carbocycles. The molecule has 3 aromatic heterocycles. The SMILES string of the molecule is CCOCCCNc1nc2nc3ccc(C)cn3c(=O)c2cc1C(=O)NCc1ccccc1. The number of anilines is 1. The molecule has 0 atom stereocenters. The van der Waals surface area contributed by atoms with Gasteiger partial charge in [-0.05, 0) is 43.5 Å². The highest BCUT2D eigenvalue weighted by Gasteiger charge is 2.17. The van der Waals surface area contributed by atoms with Crippen LogP contribution in [0.15, 0.2) is 59.5 Å². The monoisotopic (exact) mass is 445 g/mol. The molecule has 0 fully saturated rings. The summed E-state index contributed by atoms with van der Waals surface area (Å²) in [6.45, 7) is 6.06. The van der Waals surface area contributed by atoms with Gasteiger partial charge in [0.25, 0.3) is 11.5 Å². The number of rotatable bonds is 9. The van der Waals surface area contributed by atoms with Crippen LogP contribution in [0.25, 0.3) is 16.7 Å². The van der Waals surface area contributed by atoms with Crippen LogP contribution in [0.2, 0.25) is 0 Å². The van der Waals surface area contributed by atoms with Crippen LogP contribution in [0.1, 0.15) is 34.8 Å². The van der Waals surface area contributed by atoms with Gasteiger partial charge >= 0.3 is 0 Å². The van der Waals surface area contributed by atoms with Crippen molar-refractivity contribution in [3.8, 4) is 0 Å². The molecule has 0 aliphatic rings. The minimum Gasteiger partial charge on any atom is -0.382 e. The summed E-state index contributed by atoms with van der Waals surface area (Å²) in [7, 11) is 0. The van der Waals surface area contributed by atoms with Crippen molar-refractivity contribution in [1.82, 2.24) is 19.7 Å². The summed E-state index contributed by atoms with van der Waals surface area (Å²) in [6, 6.07) is 14.9. The number of amides is 1. The fourth-order valence-corrected chi connectivity index (χ4v) is 3.54. The standard InChI is InChI=1S/C25H27N5O3/c1-3-33-13-7-12-26-22-19(24(31)27-15-18-8-5-4-6-9-18)14-20-23(29-22)28-21-11-10-17(2)16-30(21)25(20)32/h4-6,8-11,14,16H,3,7,12-13,15H2,1-2H3,(H,26,29)(H,27,31). The van der Waals surface area contributed by atoms with Crippen LogP contribution in [-0.4, -0.2) is 40.0 Å². The highest BCUT2D eigenvalue weighted by molar-refractivity contribution is 6.01. The van der Waals surface area contributed by atoms with Crippen LogP contribution in [0.5, 0.6) is 0 Å². The summed E-state index contributed by atoms with van der Waals surface area (Å²) in [5.41, 5.74) is 2.78. The van der Waals surface area contributed by atoms with Crippen LogP contribution < -0.4 is 16.2 Å². The van der Waals surface area contributed by atoms with Gasteiger partial charge in [0.05, 0.1) is 10.9 Å². The maximum absolute atomic E-state index is 13.2. The number of carbonyl (C=O) groups is 1. The number of benzene rings is 1. The first-order chi connectivity index (χ1) is 16.1. The molecule has 33 heavy (non-hydrogen) atoms. The highest BCUT2D eigenvalue weighted by atomic mass is 16.5. The largest absolute Gasteiger partial charge is 0.382 e. The van der Waals surface area contributed by atoms with E-state index in [4.69, 9.17) is 4.74 Å². The van der Waals surface area contributed by atoms with E-state index in [1.165, 1.54) is 4.40 Å². The van der Waals surface area contributed by atoms with Gasteiger partial charge in [-0.3, -0.25) is 14.0 Å². The predicted molar refractivity (Wildman–Crippen MR) is 129 cm³/mol. The minimum absolute atomic E-state index is 0.258. The van der Waals surface area contributed by atoms with Gasteiger partial charge in [-0.2, -0.15) is 0 Å². The minimum atomic E-state index is -0.311. The van der Waals surface area contributed by atoms with E-state index in [0.29, 0.717) is 54.4 Å². The van der Waals surface area contributed by atoms with Crippen molar-refractivity contribution in [1.29, 1.82) is 0 Å². The zero-order valence-corrected chi connectivity index (χ0v) is 18.8. The molecule has 2 N–H and O–H groups in total. The van der Waals surface area contributed by atoms with Gasteiger partial charge in [-0.25, -0.2) is 9.97 Å². The summed E-state index contributed by atoms with van der Waals surface area (Å²) in [5.74, 6) is 0.0854. The zero-order chi connectivity index (χ0) is 23.2. The van der Waals surface area contributed by atoms with Crippen molar-refractivity contribution < 1.29 is 9.53 Å². The quantitative estimate of drug-likeness (QED) is 0.303. The topological polar surface area (TPSA) is 97.6 Å². The Kier molecular flexibility index (Phi) is 6.95. The Morgan fingerprint density at radius 3 is 2.73 bits per heavy atom. The van der Waals surface area contributed by atoms with Gasteiger partial charge in [0, 0.05) is 32.5 Å². The number of ether oxygens (including phenoxy) is 1. The molecule has 3 heterocycles. The van der Waals surface area contributed by atoms with Crippen molar-refractivity contribution >= 4 is 28.4 Å². The first kappa shape index (κ1) is 22.4. The van der Waals surface area contributed by atoms with Crippen molar-refractivity contribution in [3.05, 3.63) is 81.8 Å². The fourth-order valence-electron chi connectivity index (χ4n) is 3.54. The molecule has 0 spiro atoms. The van der Waals surface area contributed by atoms with Gasteiger partial charge < -0.3 is 15.4 Å². The van der Waals surface area contributed by atoms with Crippen molar-refractivity contribution in [2.45, 2.75) is 26.8 Å². The molecule has 0 bridgehead atoms. The van der Waals surface area contributed by atoms with Gasteiger partial charge in [0.2, 0.25) is 0 Å². The second-order valence-electron chi connectivity index (χ2n) is 7.75. The van der Waals surface area contributed by atoms with E-state index in [9.17, 15) is 9.59 Å². The van der Waals surface area contributed by atoms with Crippen molar-refractivity contribution in [2.75, 3.05) is 25.1 Å². The van der Waals surface area contributed by atoms with Crippen LogP contribution in [0.3, 0.4) is 0 Å². The van der Waals surface area contributed by atoms with E-state index < -0.39 is 0 Å². The lowest BCUT2D eigenvalue weighted by Gasteiger charge is -2.13. The Morgan fingerprint density at radius 1 is 1.12 bits per heavy atom. The predicted octanol–water partition coefficient (Wildman–Crippen LogP) is 3.32. The number of pyridine rings is 2. The van der Waals surface area contributed by atoms with E-state index >= 15 is 0 Å². The van der Waals surface area contributed by atoms with E-state index in [-0.39, 0.29) is 11.5 Å². The van der Waals surface area contributed by atoms with Crippen LogP contribution in [0, 0.1) is 6.92 Å². The number of aryl methyl sites for hydroxylation is 1. The number of aromatic nitrogens is 3. The van der Waals surface area contributed by atoms with E-state index in [0.717, 1.165) is 17.5 Å². The maximum atomic E-state index is 13.2.